The van der Waals surface area contributed by atoms with Gasteiger partial charge in [-0.1, -0.05) is 11.6 Å². The molecule has 33 heavy (non-hydrogen) atoms. The number of H-pyrrole nitrogens is 1. The third kappa shape index (κ3) is 5.35. The van der Waals surface area contributed by atoms with E-state index in [2.05, 4.69) is 20.5 Å². The van der Waals surface area contributed by atoms with Crippen LogP contribution in [0.2, 0.25) is 5.02 Å². The van der Waals surface area contributed by atoms with E-state index in [0.717, 1.165) is 0 Å². The van der Waals surface area contributed by atoms with E-state index in [0.29, 0.717) is 16.3 Å². The average molecular weight is 472 g/mol. The number of anilines is 1. The molecule has 4 rings (SSSR count). The van der Waals surface area contributed by atoms with Gasteiger partial charge in [0.2, 0.25) is 5.91 Å². The number of cyclic esters (lactones) is 1. The van der Waals surface area contributed by atoms with E-state index in [4.69, 9.17) is 16.3 Å². The Labute approximate surface area is 192 Å². The van der Waals surface area contributed by atoms with Crippen molar-refractivity contribution >= 4 is 35.1 Å². The molecule has 2 heterocycles. The summed E-state index contributed by atoms with van der Waals surface area (Å²) in [5, 5.41) is 9.46. The zero-order valence-corrected chi connectivity index (χ0v) is 18.0. The molecule has 2 N–H and O–H groups in total. The van der Waals surface area contributed by atoms with Crippen LogP contribution in [0.4, 0.5) is 14.9 Å². The van der Waals surface area contributed by atoms with Crippen molar-refractivity contribution < 1.29 is 23.5 Å². The third-order valence-corrected chi connectivity index (χ3v) is 5.33. The molecule has 9 nitrogen and oxygen atoms in total. The molecule has 0 unspecified atom stereocenters. The van der Waals surface area contributed by atoms with Gasteiger partial charge < -0.3 is 10.1 Å². The van der Waals surface area contributed by atoms with Gasteiger partial charge in [-0.05, 0) is 42.5 Å². The molecule has 0 aliphatic carbocycles. The molecular formula is C22H19ClFN5O4. The quantitative estimate of drug-likeness (QED) is 0.486. The number of nitrogens with zero attached hydrogens (tertiary/aromatic N) is 3. The van der Waals surface area contributed by atoms with Crippen LogP contribution in [0.15, 0.2) is 48.8 Å². The van der Waals surface area contributed by atoms with Gasteiger partial charge in [0.15, 0.2) is 11.6 Å². The van der Waals surface area contributed by atoms with Crippen LogP contribution in [0.3, 0.4) is 0 Å². The first kappa shape index (κ1) is 22.4. The van der Waals surface area contributed by atoms with E-state index >= 15 is 0 Å². The highest BCUT2D eigenvalue weighted by Gasteiger charge is 2.33. The average Bonchev–Trinajstić information content (AvgIpc) is 3.46. The Morgan fingerprint density at radius 3 is 2.70 bits per heavy atom. The van der Waals surface area contributed by atoms with Gasteiger partial charge in [-0.25, -0.2) is 14.2 Å². The van der Waals surface area contributed by atoms with E-state index < -0.39 is 18.0 Å². The van der Waals surface area contributed by atoms with E-state index in [-0.39, 0.29) is 49.0 Å². The molecule has 0 radical (unpaired) electrons. The molecule has 170 valence electrons. The number of ketones is 1. The summed E-state index contributed by atoms with van der Waals surface area (Å²) in [4.78, 5) is 41.7. The molecule has 3 aromatic rings. The first-order valence-electron chi connectivity index (χ1n) is 10.1. The minimum Gasteiger partial charge on any atom is -0.442 e. The number of benzene rings is 2. The van der Waals surface area contributed by atoms with Gasteiger partial charge in [-0.15, -0.1) is 0 Å². The molecule has 2 aromatic carbocycles. The summed E-state index contributed by atoms with van der Waals surface area (Å²) in [5.74, 6) is -0.803. The number of nitrogens with one attached hydrogen (secondary N) is 2. The van der Waals surface area contributed by atoms with Crippen LogP contribution in [0.5, 0.6) is 0 Å². The summed E-state index contributed by atoms with van der Waals surface area (Å²) < 4.78 is 19.7. The van der Waals surface area contributed by atoms with Crippen LogP contribution >= 0.6 is 11.6 Å². The van der Waals surface area contributed by atoms with Crippen LogP contribution in [0.1, 0.15) is 23.2 Å². The van der Waals surface area contributed by atoms with E-state index in [1.165, 1.54) is 23.4 Å². The number of aromatic nitrogens is 3. The smallest absolute Gasteiger partial charge is 0.414 e. The zero-order chi connectivity index (χ0) is 23.4. The molecule has 0 spiro atoms. The molecule has 0 saturated carbocycles. The predicted molar refractivity (Wildman–Crippen MR) is 117 cm³/mol. The second-order valence-corrected chi connectivity index (χ2v) is 7.79. The fraction of sp³-hybridized carbons (Fsp3) is 0.227. The number of aromatic amines is 1. The number of carbonyl (C=O) groups is 3. The lowest BCUT2D eigenvalue weighted by molar-refractivity contribution is -0.121. The summed E-state index contributed by atoms with van der Waals surface area (Å²) >= 11 is 5.80. The van der Waals surface area contributed by atoms with Crippen molar-refractivity contribution in [3.63, 3.8) is 0 Å². The molecule has 1 fully saturated rings. The monoisotopic (exact) mass is 471 g/mol. The number of amides is 2. The van der Waals surface area contributed by atoms with Gasteiger partial charge in [-0.2, -0.15) is 5.10 Å². The standard InChI is InChI=1S/C22H19ClFN5O4/c23-14-3-1-13(2-4-14)19(30)7-8-20(31)25-10-16-11-29(22(32)33-16)15-5-6-17(18(24)9-15)21-26-12-27-28-21/h1-6,9,12,16H,7-8,10-11H2,(H,25,31)(H,26,27,28)/t16-/m0/s1. The van der Waals surface area contributed by atoms with Gasteiger partial charge in [0.25, 0.3) is 0 Å². The molecule has 11 heteroatoms. The van der Waals surface area contributed by atoms with Crippen molar-refractivity contribution in [3.05, 3.63) is 65.2 Å². The third-order valence-electron chi connectivity index (χ3n) is 5.08. The summed E-state index contributed by atoms with van der Waals surface area (Å²) in [7, 11) is 0. The molecule has 2 amide bonds. The number of hydrogen-bond donors (Lipinski definition) is 2. The van der Waals surface area contributed by atoms with Crippen LogP contribution in [-0.2, 0) is 9.53 Å². The lowest BCUT2D eigenvalue weighted by Crippen LogP contribution is -2.34. The maximum absolute atomic E-state index is 14.5. The lowest BCUT2D eigenvalue weighted by atomic mass is 10.1. The van der Waals surface area contributed by atoms with Crippen molar-refractivity contribution in [2.45, 2.75) is 18.9 Å². The Kier molecular flexibility index (Phi) is 6.64. The van der Waals surface area contributed by atoms with Crippen molar-refractivity contribution in [2.24, 2.45) is 0 Å². The highest BCUT2D eigenvalue weighted by Crippen LogP contribution is 2.27. The molecule has 1 aliphatic rings. The highest BCUT2D eigenvalue weighted by molar-refractivity contribution is 6.30. The van der Waals surface area contributed by atoms with Crippen LogP contribution < -0.4 is 10.2 Å². The molecular weight excluding hydrogens is 453 g/mol. The maximum Gasteiger partial charge on any atom is 0.414 e. The number of ether oxygens (including phenoxy) is 1. The Bertz CT molecular complexity index is 1170. The van der Waals surface area contributed by atoms with Crippen molar-refractivity contribution in [3.8, 4) is 11.4 Å². The van der Waals surface area contributed by atoms with Gasteiger partial charge in [0.05, 0.1) is 24.3 Å². The van der Waals surface area contributed by atoms with E-state index in [1.807, 2.05) is 0 Å². The first-order valence-corrected chi connectivity index (χ1v) is 10.5. The summed E-state index contributed by atoms with van der Waals surface area (Å²) in [6.45, 7) is 0.221. The summed E-state index contributed by atoms with van der Waals surface area (Å²) in [6, 6.07) is 10.7. The van der Waals surface area contributed by atoms with Gasteiger partial charge in [0, 0.05) is 23.4 Å². The number of hydrogen-bond acceptors (Lipinski definition) is 6. The van der Waals surface area contributed by atoms with Gasteiger partial charge in [0.1, 0.15) is 18.2 Å². The van der Waals surface area contributed by atoms with Crippen molar-refractivity contribution in [1.29, 1.82) is 0 Å². The normalized spacial score (nSPS) is 15.4. The van der Waals surface area contributed by atoms with Gasteiger partial charge in [-0.3, -0.25) is 19.6 Å². The summed E-state index contributed by atoms with van der Waals surface area (Å²) in [6.07, 6.45) is 0.0676. The van der Waals surface area contributed by atoms with E-state index in [9.17, 15) is 18.8 Å². The Morgan fingerprint density at radius 2 is 2.00 bits per heavy atom. The first-order chi connectivity index (χ1) is 15.9. The second kappa shape index (κ2) is 9.78. The Hall–Kier alpha value is -3.79. The SMILES string of the molecule is O=C(CCC(=O)c1ccc(Cl)cc1)NC[C@H]1CN(c2ccc(-c3ncn[nH]3)c(F)c2)C(=O)O1. The molecule has 1 aromatic heterocycles. The molecule has 1 saturated heterocycles. The molecule has 0 bridgehead atoms. The van der Waals surface area contributed by atoms with Crippen molar-refractivity contribution in [2.75, 3.05) is 18.0 Å². The van der Waals surface area contributed by atoms with E-state index in [1.54, 1.807) is 30.3 Å². The van der Waals surface area contributed by atoms with Crippen LogP contribution in [0, 0.1) is 5.82 Å². The zero-order valence-electron chi connectivity index (χ0n) is 17.3. The molecule has 1 aliphatic heterocycles. The second-order valence-electron chi connectivity index (χ2n) is 7.35. The number of Topliss-reactive ketones (excluding diaryl/α,β-unsaturated/α-hetero) is 1. The summed E-state index contributed by atoms with van der Waals surface area (Å²) in [5.41, 5.74) is 1.03. The maximum atomic E-state index is 14.5. The Balaban J connectivity index is 1.27. The number of carbonyl (C=O) groups excluding carboxylic acids is 3. The lowest BCUT2D eigenvalue weighted by Gasteiger charge is -2.14. The fourth-order valence-electron chi connectivity index (χ4n) is 3.36. The highest BCUT2D eigenvalue weighted by atomic mass is 35.5. The number of rotatable bonds is 8. The van der Waals surface area contributed by atoms with Crippen LogP contribution in [-0.4, -0.2) is 52.2 Å². The largest absolute Gasteiger partial charge is 0.442 e. The topological polar surface area (TPSA) is 117 Å². The van der Waals surface area contributed by atoms with Gasteiger partial charge >= 0.3 is 6.09 Å². The van der Waals surface area contributed by atoms with Crippen molar-refractivity contribution in [1.82, 2.24) is 20.5 Å². The predicted octanol–water partition coefficient (Wildman–Crippen LogP) is 3.37. The fourth-order valence-corrected chi connectivity index (χ4v) is 3.49. The Morgan fingerprint density at radius 1 is 1.21 bits per heavy atom. The molecule has 1 atom stereocenters. The minimum atomic E-state index is -0.640. The minimum absolute atomic E-state index is 0.000149. The number of halogens is 2. The van der Waals surface area contributed by atoms with Crippen LogP contribution in [0.25, 0.3) is 11.4 Å².